The normalized spacial score (nSPS) is 16.3. The van der Waals surface area contributed by atoms with Crippen molar-refractivity contribution in [3.05, 3.63) is 89.5 Å². The third-order valence-corrected chi connectivity index (χ3v) is 6.74. The van der Waals surface area contributed by atoms with Crippen molar-refractivity contribution < 1.29 is 22.8 Å². The highest BCUT2D eigenvalue weighted by Gasteiger charge is 2.46. The number of benzene rings is 3. The largest absolute Gasteiger partial charge is 0.416 e. The van der Waals surface area contributed by atoms with Crippen LogP contribution in [0.15, 0.2) is 77.8 Å². The van der Waals surface area contributed by atoms with Crippen LogP contribution in [0.25, 0.3) is 0 Å². The second-order valence-electron chi connectivity index (χ2n) is 8.84. The Morgan fingerprint density at radius 3 is 1.87 bits per heavy atom. The maximum Gasteiger partial charge on any atom is 0.416 e. The monoisotopic (exact) mass is 596 g/mol. The summed E-state index contributed by atoms with van der Waals surface area (Å²) in [5.74, 6) is -1.36. The number of amidine groups is 1. The number of urea groups is 1. The molecule has 1 saturated heterocycles. The van der Waals surface area contributed by atoms with Gasteiger partial charge in [-0.3, -0.25) is 9.69 Å². The SMILES string of the molecule is Cc1ccccc1N(c1ccccc1C)C(N=C1C(=O)N(C)C(=O)N1c1cccc(C(F)(F)F)c1)C(Cl)(Cl)Cl. The average molecular weight is 598 g/mol. The summed E-state index contributed by atoms with van der Waals surface area (Å²) in [5.41, 5.74) is 1.56. The van der Waals surface area contributed by atoms with E-state index in [-0.39, 0.29) is 5.69 Å². The Morgan fingerprint density at radius 2 is 1.38 bits per heavy atom. The number of halogens is 6. The van der Waals surface area contributed by atoms with Crippen LogP contribution < -0.4 is 9.80 Å². The Labute approximate surface area is 238 Å². The van der Waals surface area contributed by atoms with Gasteiger partial charge in [-0.1, -0.05) is 77.3 Å². The number of aliphatic imine (C=N–C) groups is 1. The van der Waals surface area contributed by atoms with Gasteiger partial charge in [-0.2, -0.15) is 13.2 Å². The molecule has 12 heteroatoms. The summed E-state index contributed by atoms with van der Waals surface area (Å²) < 4.78 is 38.2. The van der Waals surface area contributed by atoms with Crippen molar-refractivity contribution in [3.63, 3.8) is 0 Å². The number of aryl methyl sites for hydroxylation is 2. The summed E-state index contributed by atoms with van der Waals surface area (Å²) >= 11 is 19.4. The molecule has 39 heavy (non-hydrogen) atoms. The third-order valence-electron chi connectivity index (χ3n) is 6.15. The van der Waals surface area contributed by atoms with Gasteiger partial charge in [0.1, 0.15) is 0 Å². The first-order valence-electron chi connectivity index (χ1n) is 11.6. The number of imide groups is 1. The molecule has 0 bridgehead atoms. The lowest BCUT2D eigenvalue weighted by molar-refractivity contribution is -0.137. The number of amides is 3. The Bertz CT molecular complexity index is 1410. The molecule has 4 rings (SSSR count). The van der Waals surface area contributed by atoms with E-state index in [1.165, 1.54) is 13.1 Å². The van der Waals surface area contributed by atoms with Crippen molar-refractivity contribution in [1.82, 2.24) is 4.90 Å². The lowest BCUT2D eigenvalue weighted by Crippen LogP contribution is -2.43. The van der Waals surface area contributed by atoms with Crippen molar-refractivity contribution in [3.8, 4) is 0 Å². The molecule has 1 unspecified atom stereocenters. The standard InChI is InChI=1S/C27H22Cl3F3N4O2/c1-16-9-4-6-13-20(16)37(21-14-7-5-10-17(21)2)24(26(28,29)30)34-22-23(38)35(3)25(39)36(22)19-12-8-11-18(15-19)27(31,32)33/h4-15,24H,1-3H3. The third kappa shape index (κ3) is 5.71. The summed E-state index contributed by atoms with van der Waals surface area (Å²) in [6.07, 6.45) is -6.10. The lowest BCUT2D eigenvalue weighted by Gasteiger charge is -2.37. The van der Waals surface area contributed by atoms with Gasteiger partial charge in [0.2, 0.25) is 9.63 Å². The highest BCUT2D eigenvalue weighted by atomic mass is 35.6. The molecule has 1 aliphatic heterocycles. The smallest absolute Gasteiger partial charge is 0.314 e. The molecule has 0 aliphatic carbocycles. The number of nitrogens with zero attached hydrogens (tertiary/aromatic N) is 4. The summed E-state index contributed by atoms with van der Waals surface area (Å²) in [6, 6.07) is 17.6. The highest BCUT2D eigenvalue weighted by Crippen LogP contribution is 2.43. The van der Waals surface area contributed by atoms with Crippen molar-refractivity contribution in [2.24, 2.45) is 4.99 Å². The fourth-order valence-electron chi connectivity index (χ4n) is 4.19. The molecule has 0 aromatic heterocycles. The van der Waals surface area contributed by atoms with Gasteiger partial charge >= 0.3 is 12.2 Å². The second kappa shape index (κ2) is 10.7. The molecule has 0 N–H and O–H groups in total. The Kier molecular flexibility index (Phi) is 7.89. The summed E-state index contributed by atoms with van der Waals surface area (Å²) in [4.78, 5) is 34.0. The van der Waals surface area contributed by atoms with Gasteiger partial charge in [0, 0.05) is 18.4 Å². The molecule has 1 aliphatic rings. The quantitative estimate of drug-likeness (QED) is 0.224. The maximum absolute atomic E-state index is 13.5. The van der Waals surface area contributed by atoms with Crippen LogP contribution in [0.2, 0.25) is 0 Å². The average Bonchev–Trinajstić information content (AvgIpc) is 3.08. The predicted molar refractivity (Wildman–Crippen MR) is 148 cm³/mol. The molecular formula is C27H22Cl3F3N4O2. The van der Waals surface area contributed by atoms with Crippen molar-refractivity contribution in [2.75, 3.05) is 16.8 Å². The molecule has 3 amide bonds. The van der Waals surface area contributed by atoms with Crippen LogP contribution in [0.1, 0.15) is 16.7 Å². The molecule has 0 radical (unpaired) electrons. The van der Waals surface area contributed by atoms with E-state index in [9.17, 15) is 22.8 Å². The van der Waals surface area contributed by atoms with E-state index in [0.29, 0.717) is 11.4 Å². The van der Waals surface area contributed by atoms with E-state index in [2.05, 4.69) is 4.99 Å². The fraction of sp³-hybridized carbons (Fsp3) is 0.222. The fourth-order valence-corrected chi connectivity index (χ4v) is 4.63. The van der Waals surface area contributed by atoms with Gasteiger partial charge < -0.3 is 4.90 Å². The second-order valence-corrected chi connectivity index (χ2v) is 11.2. The molecule has 6 nitrogen and oxygen atoms in total. The summed E-state index contributed by atoms with van der Waals surface area (Å²) in [7, 11) is 1.19. The first-order chi connectivity index (χ1) is 18.2. The first kappa shape index (κ1) is 28.7. The topological polar surface area (TPSA) is 56.2 Å². The minimum Gasteiger partial charge on any atom is -0.314 e. The zero-order valence-corrected chi connectivity index (χ0v) is 23.1. The van der Waals surface area contributed by atoms with Crippen molar-refractivity contribution in [1.29, 1.82) is 0 Å². The van der Waals surface area contributed by atoms with E-state index in [4.69, 9.17) is 34.8 Å². The van der Waals surface area contributed by atoms with E-state index >= 15 is 0 Å². The number of carbonyl (C=O) groups is 2. The van der Waals surface area contributed by atoms with Crippen LogP contribution in [-0.4, -0.2) is 39.7 Å². The van der Waals surface area contributed by atoms with Gasteiger partial charge in [-0.25, -0.2) is 14.7 Å². The number of carbonyl (C=O) groups excluding carboxylic acids is 2. The van der Waals surface area contributed by atoms with Crippen LogP contribution >= 0.6 is 34.8 Å². The Morgan fingerprint density at radius 1 is 0.846 bits per heavy atom. The van der Waals surface area contributed by atoms with E-state index in [1.807, 2.05) is 38.1 Å². The van der Waals surface area contributed by atoms with Crippen molar-refractivity contribution >= 4 is 69.6 Å². The Hall–Kier alpha value is -3.27. The van der Waals surface area contributed by atoms with Crippen molar-refractivity contribution in [2.45, 2.75) is 30.0 Å². The molecule has 1 fully saturated rings. The number of rotatable bonds is 5. The number of anilines is 3. The molecule has 204 valence electrons. The van der Waals surface area contributed by atoms with Crippen LogP contribution in [0, 0.1) is 13.8 Å². The van der Waals surface area contributed by atoms with Crippen LogP contribution in [0.4, 0.5) is 35.0 Å². The maximum atomic E-state index is 13.5. The van der Waals surface area contributed by atoms with Crippen LogP contribution in [-0.2, 0) is 11.0 Å². The number of hydrogen-bond donors (Lipinski definition) is 0. The van der Waals surface area contributed by atoms with Gasteiger partial charge in [0.05, 0.1) is 11.3 Å². The molecule has 1 atom stereocenters. The minimum atomic E-state index is -4.68. The predicted octanol–water partition coefficient (Wildman–Crippen LogP) is 7.65. The molecule has 0 spiro atoms. The number of likely N-dealkylation sites (N-methyl/N-ethyl adjacent to an activating group) is 1. The highest BCUT2D eigenvalue weighted by molar-refractivity contribution is 6.68. The van der Waals surface area contributed by atoms with Gasteiger partial charge in [-0.05, 0) is 55.3 Å². The van der Waals surface area contributed by atoms with Crippen LogP contribution in [0.3, 0.4) is 0 Å². The molecular weight excluding hydrogens is 576 g/mol. The zero-order valence-electron chi connectivity index (χ0n) is 20.9. The minimum absolute atomic E-state index is 0.215. The number of para-hydroxylation sites is 2. The number of hydrogen-bond acceptors (Lipinski definition) is 4. The molecule has 0 saturated carbocycles. The van der Waals surface area contributed by atoms with E-state index in [1.54, 1.807) is 29.2 Å². The van der Waals surface area contributed by atoms with Gasteiger partial charge in [-0.15, -0.1) is 0 Å². The number of alkyl halides is 6. The van der Waals surface area contributed by atoms with Crippen LogP contribution in [0.5, 0.6) is 0 Å². The molecule has 3 aromatic rings. The van der Waals surface area contributed by atoms with Gasteiger partial charge in [0.25, 0.3) is 5.91 Å². The van der Waals surface area contributed by atoms with Gasteiger partial charge in [0.15, 0.2) is 6.17 Å². The van der Waals surface area contributed by atoms with E-state index in [0.717, 1.165) is 39.1 Å². The summed E-state index contributed by atoms with van der Waals surface area (Å²) in [6.45, 7) is 3.69. The Balaban J connectivity index is 1.97. The van der Waals surface area contributed by atoms with E-state index < -0.39 is 39.5 Å². The lowest BCUT2D eigenvalue weighted by atomic mass is 10.1. The summed E-state index contributed by atoms with van der Waals surface area (Å²) in [5, 5.41) is 0. The first-order valence-corrected chi connectivity index (χ1v) is 12.7. The molecule has 1 heterocycles. The zero-order chi connectivity index (χ0) is 28.7. The molecule has 3 aromatic carbocycles.